The molecule has 0 saturated carbocycles. The normalized spacial score (nSPS) is 20.8. The van der Waals surface area contributed by atoms with E-state index in [0.717, 1.165) is 17.9 Å². The van der Waals surface area contributed by atoms with Crippen molar-refractivity contribution in [1.29, 1.82) is 0 Å². The minimum absolute atomic E-state index is 0.0175. The number of hydrogen-bond donors (Lipinski definition) is 1. The Morgan fingerprint density at radius 2 is 2.17 bits per heavy atom. The molecule has 3 rings (SSSR count). The summed E-state index contributed by atoms with van der Waals surface area (Å²) in [6, 6.07) is 9.99. The van der Waals surface area contributed by atoms with E-state index in [9.17, 15) is 4.79 Å². The highest BCUT2D eigenvalue weighted by molar-refractivity contribution is 5.79. The lowest BCUT2D eigenvalue weighted by Gasteiger charge is -2.21. The molecule has 0 unspecified atom stereocenters. The average molecular weight is 313 g/mol. The highest BCUT2D eigenvalue weighted by atomic mass is 16.5. The second-order valence-electron chi connectivity index (χ2n) is 6.24. The first-order valence-corrected chi connectivity index (χ1v) is 8.14. The number of benzene rings is 1. The number of carbonyl (C=O) groups excluding carboxylic acids is 1. The summed E-state index contributed by atoms with van der Waals surface area (Å²) in [6.07, 6.45) is 4.47. The molecule has 1 saturated heterocycles. The van der Waals surface area contributed by atoms with Crippen LogP contribution >= 0.6 is 0 Å². The first-order chi connectivity index (χ1) is 11.2. The monoisotopic (exact) mass is 313 g/mol. The Labute approximate surface area is 136 Å². The van der Waals surface area contributed by atoms with E-state index in [2.05, 4.69) is 24.1 Å². The number of hydrogen-bond acceptors (Lipinski definition) is 3. The number of ether oxygens (including phenoxy) is 1. The molecule has 1 amide bonds. The quantitative estimate of drug-likeness (QED) is 0.923. The third-order valence-corrected chi connectivity index (χ3v) is 4.30. The first kappa shape index (κ1) is 15.7. The number of rotatable bonds is 5. The van der Waals surface area contributed by atoms with Crippen molar-refractivity contribution >= 4 is 5.91 Å². The molecule has 1 aromatic carbocycles. The minimum Gasteiger partial charge on any atom is -0.377 e. The molecule has 1 N–H and O–H groups in total. The van der Waals surface area contributed by atoms with Crippen molar-refractivity contribution < 1.29 is 9.53 Å². The van der Waals surface area contributed by atoms with E-state index in [-0.39, 0.29) is 17.9 Å². The molecule has 1 aliphatic rings. The number of nitrogens with zero attached hydrogens (tertiary/aromatic N) is 2. The molecule has 1 aromatic heterocycles. The van der Waals surface area contributed by atoms with Gasteiger partial charge in [0.05, 0.1) is 18.6 Å². The molecule has 5 heteroatoms. The maximum atomic E-state index is 12.5. The number of para-hydroxylation sites is 1. The van der Waals surface area contributed by atoms with Crippen LogP contribution in [0.5, 0.6) is 0 Å². The molecular weight excluding hydrogens is 290 g/mol. The summed E-state index contributed by atoms with van der Waals surface area (Å²) in [6.45, 7) is 5.28. The Kier molecular flexibility index (Phi) is 4.76. The molecule has 122 valence electrons. The van der Waals surface area contributed by atoms with Crippen LogP contribution in [0.4, 0.5) is 0 Å². The fraction of sp³-hybridized carbons (Fsp3) is 0.444. The van der Waals surface area contributed by atoms with Gasteiger partial charge < -0.3 is 14.6 Å². The molecule has 1 fully saturated rings. The van der Waals surface area contributed by atoms with Crippen LogP contribution in [-0.4, -0.2) is 28.2 Å². The SMILES string of the molecule is CC(C)[C@H]1OCC[C@H]1C(=O)NCc1nccn1-c1ccccc1. The van der Waals surface area contributed by atoms with Crippen LogP contribution in [-0.2, 0) is 16.1 Å². The number of amides is 1. The van der Waals surface area contributed by atoms with Crippen LogP contribution in [0.2, 0.25) is 0 Å². The van der Waals surface area contributed by atoms with Crippen LogP contribution in [0.25, 0.3) is 5.69 Å². The van der Waals surface area contributed by atoms with E-state index < -0.39 is 0 Å². The van der Waals surface area contributed by atoms with Gasteiger partial charge in [-0.15, -0.1) is 0 Å². The number of imidazole rings is 1. The van der Waals surface area contributed by atoms with Crippen molar-refractivity contribution in [3.8, 4) is 5.69 Å². The zero-order chi connectivity index (χ0) is 16.2. The lowest BCUT2D eigenvalue weighted by atomic mass is 9.92. The molecule has 2 heterocycles. The van der Waals surface area contributed by atoms with Crippen LogP contribution in [0.15, 0.2) is 42.7 Å². The predicted molar refractivity (Wildman–Crippen MR) is 88.1 cm³/mol. The maximum absolute atomic E-state index is 12.5. The second kappa shape index (κ2) is 6.96. The molecule has 0 bridgehead atoms. The minimum atomic E-state index is -0.0601. The molecule has 0 spiro atoms. The third kappa shape index (κ3) is 3.45. The summed E-state index contributed by atoms with van der Waals surface area (Å²) in [5.41, 5.74) is 1.04. The smallest absolute Gasteiger partial charge is 0.226 e. The Morgan fingerprint density at radius 3 is 2.91 bits per heavy atom. The predicted octanol–water partition coefficient (Wildman–Crippen LogP) is 2.55. The van der Waals surface area contributed by atoms with Gasteiger partial charge in [-0.2, -0.15) is 0 Å². The van der Waals surface area contributed by atoms with Gasteiger partial charge >= 0.3 is 0 Å². The van der Waals surface area contributed by atoms with Gasteiger partial charge in [0.2, 0.25) is 5.91 Å². The molecule has 1 aliphatic heterocycles. The van der Waals surface area contributed by atoms with Crippen molar-refractivity contribution in [2.24, 2.45) is 11.8 Å². The molecule has 2 atom stereocenters. The van der Waals surface area contributed by atoms with Crippen molar-refractivity contribution in [2.45, 2.75) is 32.9 Å². The molecule has 2 aromatic rings. The maximum Gasteiger partial charge on any atom is 0.226 e. The average Bonchev–Trinajstić information content (AvgIpc) is 3.22. The summed E-state index contributed by atoms with van der Waals surface area (Å²) in [4.78, 5) is 16.8. The molecule has 5 nitrogen and oxygen atoms in total. The highest BCUT2D eigenvalue weighted by Gasteiger charge is 2.35. The fourth-order valence-electron chi connectivity index (χ4n) is 3.13. The molecular formula is C18H23N3O2. The van der Waals surface area contributed by atoms with E-state index >= 15 is 0 Å². The van der Waals surface area contributed by atoms with Crippen molar-refractivity contribution in [3.05, 3.63) is 48.5 Å². The number of carbonyl (C=O) groups is 1. The molecule has 0 aliphatic carbocycles. The second-order valence-corrected chi connectivity index (χ2v) is 6.24. The topological polar surface area (TPSA) is 56.1 Å². The first-order valence-electron chi connectivity index (χ1n) is 8.14. The third-order valence-electron chi connectivity index (χ3n) is 4.30. The van der Waals surface area contributed by atoms with Crippen LogP contribution in [0, 0.1) is 11.8 Å². The zero-order valence-electron chi connectivity index (χ0n) is 13.6. The lowest BCUT2D eigenvalue weighted by molar-refractivity contribution is -0.127. The van der Waals surface area contributed by atoms with Gasteiger partial charge in [0.25, 0.3) is 0 Å². The highest BCUT2D eigenvalue weighted by Crippen LogP contribution is 2.27. The Morgan fingerprint density at radius 1 is 1.39 bits per heavy atom. The van der Waals surface area contributed by atoms with Crippen molar-refractivity contribution in [2.75, 3.05) is 6.61 Å². The van der Waals surface area contributed by atoms with Gasteiger partial charge in [-0.3, -0.25) is 4.79 Å². The Balaban J connectivity index is 1.65. The van der Waals surface area contributed by atoms with Gasteiger partial charge in [0.1, 0.15) is 5.82 Å². The van der Waals surface area contributed by atoms with E-state index in [1.165, 1.54) is 0 Å². The fourth-order valence-corrected chi connectivity index (χ4v) is 3.13. The van der Waals surface area contributed by atoms with Gasteiger partial charge in [-0.1, -0.05) is 32.0 Å². The lowest BCUT2D eigenvalue weighted by Crippen LogP contribution is -2.37. The molecule has 0 radical (unpaired) electrons. The van der Waals surface area contributed by atoms with Gasteiger partial charge in [0.15, 0.2) is 0 Å². The van der Waals surface area contributed by atoms with Crippen LogP contribution < -0.4 is 5.32 Å². The number of aromatic nitrogens is 2. The van der Waals surface area contributed by atoms with Crippen LogP contribution in [0.1, 0.15) is 26.1 Å². The van der Waals surface area contributed by atoms with E-state index in [4.69, 9.17) is 4.74 Å². The van der Waals surface area contributed by atoms with Gasteiger partial charge in [-0.05, 0) is 24.5 Å². The van der Waals surface area contributed by atoms with E-state index in [0.29, 0.717) is 19.1 Å². The van der Waals surface area contributed by atoms with Crippen LogP contribution in [0.3, 0.4) is 0 Å². The van der Waals surface area contributed by atoms with Gasteiger partial charge in [-0.25, -0.2) is 4.98 Å². The van der Waals surface area contributed by atoms with E-state index in [1.54, 1.807) is 6.20 Å². The van der Waals surface area contributed by atoms with E-state index in [1.807, 2.05) is 41.1 Å². The summed E-state index contributed by atoms with van der Waals surface area (Å²) in [5.74, 6) is 1.17. The summed E-state index contributed by atoms with van der Waals surface area (Å²) >= 11 is 0. The van der Waals surface area contributed by atoms with Crippen molar-refractivity contribution in [3.63, 3.8) is 0 Å². The summed E-state index contributed by atoms with van der Waals surface area (Å²) in [5, 5.41) is 3.02. The summed E-state index contributed by atoms with van der Waals surface area (Å²) < 4.78 is 7.69. The largest absolute Gasteiger partial charge is 0.377 e. The Hall–Kier alpha value is -2.14. The zero-order valence-corrected chi connectivity index (χ0v) is 13.6. The standard InChI is InChI=1S/C18H23N3O2/c1-13(2)17-15(8-11-23-17)18(22)20-12-16-19-9-10-21(16)14-6-4-3-5-7-14/h3-7,9-10,13,15,17H,8,11-12H2,1-2H3,(H,20,22)/t15-,17-/m1/s1. The molecule has 23 heavy (non-hydrogen) atoms. The van der Waals surface area contributed by atoms with Gasteiger partial charge in [0, 0.05) is 24.7 Å². The Bertz CT molecular complexity index is 651. The number of nitrogens with one attached hydrogen (secondary N) is 1. The summed E-state index contributed by atoms with van der Waals surface area (Å²) in [7, 11) is 0. The van der Waals surface area contributed by atoms with Crippen molar-refractivity contribution in [1.82, 2.24) is 14.9 Å².